The van der Waals surface area contributed by atoms with Gasteiger partial charge in [-0.15, -0.1) is 0 Å². The number of benzene rings is 1. The lowest BCUT2D eigenvalue weighted by atomic mass is 10.2. The van der Waals surface area contributed by atoms with E-state index in [9.17, 15) is 0 Å². The highest BCUT2D eigenvalue weighted by molar-refractivity contribution is 6.30. The summed E-state index contributed by atoms with van der Waals surface area (Å²) in [5.41, 5.74) is 1.09. The maximum atomic E-state index is 5.96. The fraction of sp³-hybridized carbons (Fsp3) is 0.538. The molecule has 0 aromatic heterocycles. The third kappa shape index (κ3) is 5.39. The number of nitrogens with one attached hydrogen (secondary N) is 2. The topological polar surface area (TPSA) is 33.3 Å². The van der Waals surface area contributed by atoms with Crippen LogP contribution in [0.4, 0.5) is 0 Å². The second kappa shape index (κ2) is 8.34. The van der Waals surface area contributed by atoms with E-state index in [2.05, 4.69) is 17.6 Å². The van der Waals surface area contributed by atoms with Gasteiger partial charge in [-0.1, -0.05) is 18.5 Å². The zero-order valence-corrected chi connectivity index (χ0v) is 11.3. The van der Waals surface area contributed by atoms with Gasteiger partial charge in [0.2, 0.25) is 0 Å². The van der Waals surface area contributed by atoms with Crippen LogP contribution in [0.15, 0.2) is 18.2 Å². The summed E-state index contributed by atoms with van der Waals surface area (Å²) in [5.74, 6) is 0.878. The molecule has 0 spiro atoms. The minimum Gasteiger partial charge on any atom is -0.496 e. The van der Waals surface area contributed by atoms with Gasteiger partial charge in [0.1, 0.15) is 5.75 Å². The van der Waals surface area contributed by atoms with E-state index in [0.29, 0.717) is 0 Å². The average Bonchev–Trinajstić information content (AvgIpc) is 2.34. The molecule has 4 heteroatoms. The van der Waals surface area contributed by atoms with Gasteiger partial charge in [0.05, 0.1) is 7.11 Å². The van der Waals surface area contributed by atoms with Gasteiger partial charge < -0.3 is 15.4 Å². The van der Waals surface area contributed by atoms with Crippen molar-refractivity contribution in [3.63, 3.8) is 0 Å². The zero-order valence-electron chi connectivity index (χ0n) is 10.6. The lowest BCUT2D eigenvalue weighted by Gasteiger charge is -2.10. The van der Waals surface area contributed by atoms with E-state index < -0.39 is 0 Å². The molecule has 0 bridgehead atoms. The Morgan fingerprint density at radius 1 is 1.18 bits per heavy atom. The molecule has 1 aromatic rings. The Morgan fingerprint density at radius 3 is 2.65 bits per heavy atom. The fourth-order valence-electron chi connectivity index (χ4n) is 1.59. The molecule has 0 aliphatic heterocycles. The number of methoxy groups -OCH3 is 1. The van der Waals surface area contributed by atoms with Crippen molar-refractivity contribution in [2.24, 2.45) is 0 Å². The molecular weight excluding hydrogens is 236 g/mol. The number of ether oxygens (including phenoxy) is 1. The van der Waals surface area contributed by atoms with E-state index >= 15 is 0 Å². The van der Waals surface area contributed by atoms with Crippen molar-refractivity contribution in [3.05, 3.63) is 28.8 Å². The van der Waals surface area contributed by atoms with Gasteiger partial charge in [0.25, 0.3) is 0 Å². The predicted molar refractivity (Wildman–Crippen MR) is 72.9 cm³/mol. The number of hydrogen-bond acceptors (Lipinski definition) is 3. The van der Waals surface area contributed by atoms with Gasteiger partial charge in [-0.05, 0) is 31.2 Å². The first-order valence-electron chi connectivity index (χ1n) is 6.01. The van der Waals surface area contributed by atoms with Crippen LogP contribution in [-0.2, 0) is 6.54 Å². The largest absolute Gasteiger partial charge is 0.496 e. The first-order chi connectivity index (χ1) is 8.27. The molecule has 0 fully saturated rings. The van der Waals surface area contributed by atoms with Crippen molar-refractivity contribution >= 4 is 11.6 Å². The average molecular weight is 257 g/mol. The summed E-state index contributed by atoms with van der Waals surface area (Å²) < 4.78 is 5.28. The molecule has 0 radical (unpaired) electrons. The second-order valence-electron chi connectivity index (χ2n) is 3.88. The first kappa shape index (κ1) is 14.3. The summed E-state index contributed by atoms with van der Waals surface area (Å²) in [6, 6.07) is 5.67. The molecule has 17 heavy (non-hydrogen) atoms. The van der Waals surface area contributed by atoms with Crippen molar-refractivity contribution in [3.8, 4) is 5.75 Å². The summed E-state index contributed by atoms with van der Waals surface area (Å²) in [4.78, 5) is 0. The molecular formula is C13H21ClN2O. The fourth-order valence-corrected chi connectivity index (χ4v) is 1.78. The first-order valence-corrected chi connectivity index (χ1v) is 6.39. The molecule has 1 aromatic carbocycles. The maximum Gasteiger partial charge on any atom is 0.123 e. The third-order valence-corrected chi connectivity index (χ3v) is 2.70. The van der Waals surface area contributed by atoms with Gasteiger partial charge in [0.15, 0.2) is 0 Å². The molecule has 0 saturated carbocycles. The van der Waals surface area contributed by atoms with E-state index in [1.54, 1.807) is 7.11 Å². The van der Waals surface area contributed by atoms with E-state index in [-0.39, 0.29) is 0 Å². The monoisotopic (exact) mass is 256 g/mol. The highest BCUT2D eigenvalue weighted by Gasteiger charge is 2.02. The maximum absolute atomic E-state index is 5.96. The molecule has 0 saturated heterocycles. The van der Waals surface area contributed by atoms with E-state index in [4.69, 9.17) is 16.3 Å². The molecule has 0 aliphatic carbocycles. The van der Waals surface area contributed by atoms with Gasteiger partial charge in [-0.3, -0.25) is 0 Å². The zero-order chi connectivity index (χ0) is 12.5. The molecule has 96 valence electrons. The van der Waals surface area contributed by atoms with Crippen LogP contribution in [0.2, 0.25) is 5.02 Å². The van der Waals surface area contributed by atoms with Crippen LogP contribution < -0.4 is 15.4 Å². The Labute approximate surface area is 109 Å². The van der Waals surface area contributed by atoms with Crippen LogP contribution in [0, 0.1) is 0 Å². The van der Waals surface area contributed by atoms with Crippen LogP contribution >= 0.6 is 11.6 Å². The molecule has 0 unspecified atom stereocenters. The van der Waals surface area contributed by atoms with E-state index in [1.807, 2.05) is 18.2 Å². The molecule has 2 N–H and O–H groups in total. The Balaban J connectivity index is 2.32. The van der Waals surface area contributed by atoms with E-state index in [0.717, 1.165) is 42.5 Å². The Morgan fingerprint density at radius 2 is 1.94 bits per heavy atom. The highest BCUT2D eigenvalue weighted by Crippen LogP contribution is 2.22. The van der Waals surface area contributed by atoms with Crippen LogP contribution in [0.25, 0.3) is 0 Å². The van der Waals surface area contributed by atoms with Gasteiger partial charge in [0, 0.05) is 30.2 Å². The Bertz CT molecular complexity index is 331. The van der Waals surface area contributed by atoms with Gasteiger partial charge >= 0.3 is 0 Å². The predicted octanol–water partition coefficient (Wildman–Crippen LogP) is 2.44. The van der Waals surface area contributed by atoms with Gasteiger partial charge in [-0.2, -0.15) is 0 Å². The summed E-state index contributed by atoms with van der Waals surface area (Å²) in [6.07, 6.45) is 1.17. The van der Waals surface area contributed by atoms with Gasteiger partial charge in [-0.25, -0.2) is 0 Å². The normalized spacial score (nSPS) is 10.5. The minimum atomic E-state index is 0.742. The summed E-state index contributed by atoms with van der Waals surface area (Å²) in [5, 5.41) is 7.45. The van der Waals surface area contributed by atoms with Crippen molar-refractivity contribution < 1.29 is 4.74 Å². The minimum absolute atomic E-state index is 0.742. The highest BCUT2D eigenvalue weighted by atomic mass is 35.5. The molecule has 0 amide bonds. The lowest BCUT2D eigenvalue weighted by molar-refractivity contribution is 0.407. The standard InChI is InChI=1S/C13H21ClN2O/c1-3-6-15-7-8-16-10-11-9-12(14)4-5-13(11)17-2/h4-5,9,15-16H,3,6-8,10H2,1-2H3. The summed E-state index contributed by atoms with van der Waals surface area (Å²) >= 11 is 5.96. The van der Waals surface area contributed by atoms with Crippen LogP contribution in [0.5, 0.6) is 5.75 Å². The van der Waals surface area contributed by atoms with Crippen LogP contribution in [0.1, 0.15) is 18.9 Å². The molecule has 1 rings (SSSR count). The molecule has 0 aliphatic rings. The number of halogens is 1. The molecule has 3 nitrogen and oxygen atoms in total. The number of rotatable bonds is 8. The van der Waals surface area contributed by atoms with Crippen molar-refractivity contribution in [2.45, 2.75) is 19.9 Å². The summed E-state index contributed by atoms with van der Waals surface area (Å²) in [6.45, 7) is 5.93. The van der Waals surface area contributed by atoms with Crippen molar-refractivity contribution in [1.29, 1.82) is 0 Å². The smallest absolute Gasteiger partial charge is 0.123 e. The molecule has 0 atom stereocenters. The summed E-state index contributed by atoms with van der Waals surface area (Å²) in [7, 11) is 1.68. The van der Waals surface area contributed by atoms with Crippen molar-refractivity contribution in [1.82, 2.24) is 10.6 Å². The Kier molecular flexibility index (Phi) is 7.01. The Hall–Kier alpha value is -0.770. The molecule has 0 heterocycles. The third-order valence-electron chi connectivity index (χ3n) is 2.46. The van der Waals surface area contributed by atoms with Crippen LogP contribution in [0.3, 0.4) is 0 Å². The number of hydrogen-bond donors (Lipinski definition) is 2. The second-order valence-corrected chi connectivity index (χ2v) is 4.32. The quantitative estimate of drug-likeness (QED) is 0.701. The van der Waals surface area contributed by atoms with Crippen LogP contribution in [-0.4, -0.2) is 26.7 Å². The van der Waals surface area contributed by atoms with Crippen molar-refractivity contribution in [2.75, 3.05) is 26.7 Å². The SMILES string of the molecule is CCCNCCNCc1cc(Cl)ccc1OC. The van der Waals surface area contributed by atoms with E-state index in [1.165, 1.54) is 6.42 Å². The lowest BCUT2D eigenvalue weighted by Crippen LogP contribution is -2.27.